The lowest BCUT2D eigenvalue weighted by molar-refractivity contribution is -0.122. The smallest absolute Gasteiger partial charge is 0.220 e. The number of benzene rings is 1. The van der Waals surface area contributed by atoms with Gasteiger partial charge in [0.15, 0.2) is 0 Å². The fraction of sp³-hybridized carbons (Fsp3) is 0.588. The molecular formula is C17H27NO2. The molecule has 0 aliphatic heterocycles. The minimum Gasteiger partial charge on any atom is -0.396 e. The highest BCUT2D eigenvalue weighted by molar-refractivity contribution is 5.77. The fourth-order valence-electron chi connectivity index (χ4n) is 2.30. The summed E-state index contributed by atoms with van der Waals surface area (Å²) in [6.07, 6.45) is 3.01. The van der Waals surface area contributed by atoms with Crippen LogP contribution in [-0.4, -0.2) is 23.7 Å². The van der Waals surface area contributed by atoms with Gasteiger partial charge in [0.2, 0.25) is 5.91 Å². The lowest BCUT2D eigenvalue weighted by Gasteiger charge is -2.18. The number of rotatable bonds is 8. The number of amides is 1. The van der Waals surface area contributed by atoms with Gasteiger partial charge in [-0.3, -0.25) is 4.79 Å². The van der Waals surface area contributed by atoms with E-state index in [-0.39, 0.29) is 24.5 Å². The van der Waals surface area contributed by atoms with E-state index < -0.39 is 0 Å². The molecule has 1 rings (SSSR count). The highest BCUT2D eigenvalue weighted by Gasteiger charge is 2.14. The van der Waals surface area contributed by atoms with Gasteiger partial charge in [0.25, 0.3) is 0 Å². The Morgan fingerprint density at radius 3 is 2.40 bits per heavy atom. The zero-order valence-electron chi connectivity index (χ0n) is 12.9. The number of aliphatic hydroxyl groups excluding tert-OH is 1. The van der Waals surface area contributed by atoms with Crippen LogP contribution in [-0.2, 0) is 11.2 Å². The van der Waals surface area contributed by atoms with E-state index in [1.807, 2.05) is 6.92 Å². The third kappa shape index (κ3) is 5.33. The number of hydrogen-bond acceptors (Lipinski definition) is 2. The van der Waals surface area contributed by atoms with Gasteiger partial charge in [0.05, 0.1) is 0 Å². The maximum absolute atomic E-state index is 12.0. The van der Waals surface area contributed by atoms with Crippen LogP contribution in [0.25, 0.3) is 0 Å². The minimum atomic E-state index is 0.0670. The molecule has 20 heavy (non-hydrogen) atoms. The van der Waals surface area contributed by atoms with Gasteiger partial charge in [-0.2, -0.15) is 0 Å². The quantitative estimate of drug-likeness (QED) is 0.767. The molecule has 1 aromatic rings. The molecule has 0 aromatic heterocycles. The van der Waals surface area contributed by atoms with Gasteiger partial charge in [-0.25, -0.2) is 0 Å². The van der Waals surface area contributed by atoms with Crippen LogP contribution in [0.3, 0.4) is 0 Å². The van der Waals surface area contributed by atoms with E-state index in [0.717, 1.165) is 12.8 Å². The molecule has 0 heterocycles. The van der Waals surface area contributed by atoms with Crippen molar-refractivity contribution in [2.24, 2.45) is 0 Å². The molecule has 2 N–H and O–H groups in total. The Kier molecular flexibility index (Phi) is 7.31. The van der Waals surface area contributed by atoms with Gasteiger partial charge in [0, 0.05) is 19.1 Å². The first-order valence-corrected chi connectivity index (χ1v) is 7.59. The van der Waals surface area contributed by atoms with Crippen molar-refractivity contribution in [2.45, 2.75) is 58.4 Å². The van der Waals surface area contributed by atoms with E-state index in [0.29, 0.717) is 12.8 Å². The Balaban J connectivity index is 2.51. The molecule has 1 aromatic carbocycles. The summed E-state index contributed by atoms with van der Waals surface area (Å²) < 4.78 is 0. The van der Waals surface area contributed by atoms with E-state index in [4.69, 9.17) is 5.11 Å². The largest absolute Gasteiger partial charge is 0.396 e. The second-order valence-corrected chi connectivity index (χ2v) is 5.39. The Labute approximate surface area is 122 Å². The van der Waals surface area contributed by atoms with Crippen LogP contribution in [0.4, 0.5) is 0 Å². The van der Waals surface area contributed by atoms with Gasteiger partial charge in [-0.1, -0.05) is 45.0 Å². The molecule has 0 saturated heterocycles. The molecule has 0 radical (unpaired) electrons. The van der Waals surface area contributed by atoms with Crippen LogP contribution in [0.1, 0.15) is 57.1 Å². The first-order valence-electron chi connectivity index (χ1n) is 7.59. The Bertz CT molecular complexity index is 400. The van der Waals surface area contributed by atoms with Crippen molar-refractivity contribution in [2.75, 3.05) is 6.61 Å². The Morgan fingerprint density at radius 2 is 1.90 bits per heavy atom. The molecule has 1 amide bonds. The van der Waals surface area contributed by atoms with Crippen LogP contribution in [0.15, 0.2) is 24.3 Å². The van der Waals surface area contributed by atoms with E-state index >= 15 is 0 Å². The maximum Gasteiger partial charge on any atom is 0.220 e. The lowest BCUT2D eigenvalue weighted by atomic mass is 9.96. The van der Waals surface area contributed by atoms with E-state index in [1.165, 1.54) is 11.1 Å². The average Bonchev–Trinajstić information content (AvgIpc) is 2.46. The predicted molar refractivity (Wildman–Crippen MR) is 82.8 cm³/mol. The highest BCUT2D eigenvalue weighted by atomic mass is 16.3. The number of nitrogens with one attached hydrogen (secondary N) is 1. The van der Waals surface area contributed by atoms with Crippen molar-refractivity contribution in [3.8, 4) is 0 Å². The van der Waals surface area contributed by atoms with Crippen molar-refractivity contribution in [3.63, 3.8) is 0 Å². The van der Waals surface area contributed by atoms with Crippen molar-refractivity contribution in [1.82, 2.24) is 5.32 Å². The lowest BCUT2D eigenvalue weighted by Crippen LogP contribution is -2.35. The topological polar surface area (TPSA) is 49.3 Å². The van der Waals surface area contributed by atoms with E-state index in [9.17, 15) is 4.79 Å². The second kappa shape index (κ2) is 8.75. The first kappa shape index (κ1) is 16.7. The third-order valence-corrected chi connectivity index (χ3v) is 3.78. The van der Waals surface area contributed by atoms with Crippen molar-refractivity contribution >= 4 is 5.91 Å². The molecule has 0 aliphatic rings. The Hall–Kier alpha value is -1.35. The van der Waals surface area contributed by atoms with E-state index in [2.05, 4.69) is 43.4 Å². The van der Waals surface area contributed by atoms with Crippen LogP contribution >= 0.6 is 0 Å². The predicted octanol–water partition coefficient (Wildman–Crippen LogP) is 3.02. The van der Waals surface area contributed by atoms with Crippen LogP contribution in [0.2, 0.25) is 0 Å². The number of hydrogen-bond donors (Lipinski definition) is 2. The summed E-state index contributed by atoms with van der Waals surface area (Å²) in [6.45, 7) is 6.35. The van der Waals surface area contributed by atoms with Gasteiger partial charge < -0.3 is 10.4 Å². The van der Waals surface area contributed by atoms with Crippen LogP contribution in [0, 0.1) is 0 Å². The summed E-state index contributed by atoms with van der Waals surface area (Å²) in [5.41, 5.74) is 2.52. The molecule has 3 heteroatoms. The Morgan fingerprint density at radius 1 is 1.25 bits per heavy atom. The number of aryl methyl sites for hydroxylation is 1. The molecular weight excluding hydrogens is 250 g/mol. The number of carbonyl (C=O) groups excluding carboxylic acids is 1. The van der Waals surface area contributed by atoms with Crippen molar-refractivity contribution in [1.29, 1.82) is 0 Å². The summed E-state index contributed by atoms with van der Waals surface area (Å²) in [4.78, 5) is 12.0. The summed E-state index contributed by atoms with van der Waals surface area (Å²) in [7, 11) is 0. The van der Waals surface area contributed by atoms with Crippen LogP contribution in [0.5, 0.6) is 0 Å². The summed E-state index contributed by atoms with van der Waals surface area (Å²) in [5.74, 6) is 0.282. The first-order chi connectivity index (χ1) is 9.60. The highest BCUT2D eigenvalue weighted by Crippen LogP contribution is 2.19. The van der Waals surface area contributed by atoms with Crippen molar-refractivity contribution < 1.29 is 9.90 Å². The molecule has 0 fully saturated rings. The molecule has 2 atom stereocenters. The standard InChI is InChI=1S/C17H27NO2/c1-4-14-6-8-15(9-7-14)13(3)12-17(20)18-16(5-2)10-11-19/h6-9,13,16,19H,4-5,10-12H2,1-3H3,(H,18,20). The normalized spacial score (nSPS) is 13.8. The van der Waals surface area contributed by atoms with Gasteiger partial charge in [0.1, 0.15) is 0 Å². The van der Waals surface area contributed by atoms with E-state index in [1.54, 1.807) is 0 Å². The number of aliphatic hydroxyl groups is 1. The molecule has 112 valence electrons. The summed E-state index contributed by atoms with van der Waals surface area (Å²) >= 11 is 0. The molecule has 3 nitrogen and oxygen atoms in total. The summed E-state index contributed by atoms with van der Waals surface area (Å²) in [6, 6.07) is 8.57. The minimum absolute atomic E-state index is 0.0670. The van der Waals surface area contributed by atoms with Gasteiger partial charge in [-0.15, -0.1) is 0 Å². The molecule has 0 saturated carbocycles. The SMILES string of the molecule is CCc1ccc(C(C)CC(=O)NC(CC)CCO)cc1. The third-order valence-electron chi connectivity index (χ3n) is 3.78. The molecule has 0 aliphatic carbocycles. The van der Waals surface area contributed by atoms with Crippen molar-refractivity contribution in [3.05, 3.63) is 35.4 Å². The molecule has 2 unspecified atom stereocenters. The maximum atomic E-state index is 12.0. The van der Waals surface area contributed by atoms with Gasteiger partial charge in [-0.05, 0) is 36.3 Å². The second-order valence-electron chi connectivity index (χ2n) is 5.39. The average molecular weight is 277 g/mol. The fourth-order valence-corrected chi connectivity index (χ4v) is 2.30. The van der Waals surface area contributed by atoms with Crippen LogP contribution < -0.4 is 5.32 Å². The zero-order valence-corrected chi connectivity index (χ0v) is 12.9. The number of carbonyl (C=O) groups is 1. The zero-order chi connectivity index (χ0) is 15.0. The molecule has 0 bridgehead atoms. The summed E-state index contributed by atoms with van der Waals surface area (Å²) in [5, 5.41) is 11.9. The van der Waals surface area contributed by atoms with Gasteiger partial charge >= 0.3 is 0 Å². The monoisotopic (exact) mass is 277 g/mol. The molecule has 0 spiro atoms.